The van der Waals surface area contributed by atoms with Gasteiger partial charge in [-0.3, -0.25) is 12.2 Å². The summed E-state index contributed by atoms with van der Waals surface area (Å²) in [5.41, 5.74) is 4.25. The fraction of sp³-hybridized carbons (Fsp3) is 0.231. The second-order valence-electron chi connectivity index (χ2n) is 6.59. The summed E-state index contributed by atoms with van der Waals surface area (Å²) in [7, 11) is 0. The molecule has 2 aliphatic carbocycles. The fourth-order valence-electron chi connectivity index (χ4n) is 2.29. The van der Waals surface area contributed by atoms with Crippen LogP contribution in [0.3, 0.4) is 0 Å². The van der Waals surface area contributed by atoms with E-state index in [-0.39, 0.29) is 26.2 Å². The Morgan fingerprint density at radius 3 is 1.21 bits per heavy atom. The van der Waals surface area contributed by atoms with Crippen LogP contribution in [-0.2, 0) is 26.2 Å². The summed E-state index contributed by atoms with van der Waals surface area (Å²) in [6.45, 7) is 7.80. The number of hydrogen-bond acceptors (Lipinski definition) is 2. The van der Waals surface area contributed by atoms with Crippen molar-refractivity contribution in [3.8, 4) is 11.5 Å². The number of aromatic hydroxyl groups is 2. The first-order chi connectivity index (χ1) is 13.4. The van der Waals surface area contributed by atoms with Crippen molar-refractivity contribution >= 4 is 0 Å². The molecule has 0 bridgehead atoms. The predicted octanol–water partition coefficient (Wildman–Crippen LogP) is 6.63. The van der Waals surface area contributed by atoms with E-state index < -0.39 is 0 Å². The van der Waals surface area contributed by atoms with Crippen LogP contribution in [0.4, 0.5) is 0 Å². The van der Waals surface area contributed by atoms with Crippen LogP contribution in [0.25, 0.3) is 0 Å². The van der Waals surface area contributed by atoms with Crippen LogP contribution in [0.2, 0.25) is 0 Å². The van der Waals surface area contributed by atoms with Gasteiger partial charge in [-0.1, -0.05) is 35.4 Å². The van der Waals surface area contributed by atoms with Crippen LogP contribution >= 0.6 is 0 Å². The van der Waals surface area contributed by atoms with Crippen molar-refractivity contribution in [3.05, 3.63) is 107 Å². The van der Waals surface area contributed by atoms with Gasteiger partial charge in [0.1, 0.15) is 11.5 Å². The molecule has 4 rings (SSSR count). The first-order valence-electron chi connectivity index (χ1n) is 9.36. The second-order valence-corrected chi connectivity index (χ2v) is 6.59. The topological polar surface area (TPSA) is 40.5 Å². The molecule has 0 spiro atoms. The van der Waals surface area contributed by atoms with Crippen molar-refractivity contribution in [2.45, 2.75) is 40.5 Å². The third kappa shape index (κ3) is 12.9. The minimum atomic E-state index is 0. The Morgan fingerprint density at radius 2 is 1.03 bits per heavy atom. The van der Waals surface area contributed by atoms with Crippen LogP contribution in [0.5, 0.6) is 11.5 Å². The third-order valence-electron chi connectivity index (χ3n) is 3.88. The van der Waals surface area contributed by atoms with E-state index >= 15 is 0 Å². The zero-order valence-electron chi connectivity index (χ0n) is 17.7. The Kier molecular flexibility index (Phi) is 14.6. The van der Waals surface area contributed by atoms with Crippen molar-refractivity contribution in [1.82, 2.24) is 0 Å². The molecule has 0 aliphatic heterocycles. The number of rotatable bonds is 0. The summed E-state index contributed by atoms with van der Waals surface area (Å²) < 4.78 is 0. The van der Waals surface area contributed by atoms with E-state index in [2.05, 4.69) is 24.3 Å². The average molecular weight is 466 g/mol. The molecule has 29 heavy (non-hydrogen) atoms. The normalized spacial score (nSPS) is 12.0. The molecule has 0 heterocycles. The Hall–Kier alpha value is -2.12. The van der Waals surface area contributed by atoms with Crippen molar-refractivity contribution in [3.63, 3.8) is 0 Å². The Balaban J connectivity index is 0.000000369. The van der Waals surface area contributed by atoms with Crippen molar-refractivity contribution < 1.29 is 36.4 Å². The van der Waals surface area contributed by atoms with E-state index in [1.807, 2.05) is 76.3 Å². The molecule has 3 heteroatoms. The number of hydrogen-bond donors (Lipinski definition) is 2. The van der Waals surface area contributed by atoms with Gasteiger partial charge in [0.15, 0.2) is 0 Å². The molecule has 0 unspecified atom stereocenters. The monoisotopic (exact) mass is 464 g/mol. The largest absolute Gasteiger partial charge is 2.00 e. The molecule has 0 saturated carbocycles. The van der Waals surface area contributed by atoms with Gasteiger partial charge < -0.3 is 10.2 Å². The molecule has 150 valence electrons. The predicted molar refractivity (Wildman–Crippen MR) is 118 cm³/mol. The van der Waals surface area contributed by atoms with Gasteiger partial charge in [-0.2, -0.15) is 12.2 Å². The molecular weight excluding hydrogens is 436 g/mol. The van der Waals surface area contributed by atoms with Gasteiger partial charge in [0, 0.05) is 0 Å². The molecule has 2 nitrogen and oxygen atoms in total. The summed E-state index contributed by atoms with van der Waals surface area (Å²) >= 11 is 0. The minimum absolute atomic E-state index is 0. The van der Waals surface area contributed by atoms with E-state index in [9.17, 15) is 0 Å². The zero-order valence-corrected chi connectivity index (χ0v) is 20.2. The van der Waals surface area contributed by atoms with Gasteiger partial charge in [0.05, 0.1) is 0 Å². The maximum absolute atomic E-state index is 9.04. The molecule has 0 atom stereocenters. The fourth-order valence-corrected chi connectivity index (χ4v) is 2.29. The van der Waals surface area contributed by atoms with Crippen molar-refractivity contribution in [1.29, 1.82) is 0 Å². The quantitative estimate of drug-likeness (QED) is 0.429. The third-order valence-corrected chi connectivity index (χ3v) is 3.88. The zero-order chi connectivity index (χ0) is 20.8. The first-order valence-corrected chi connectivity index (χ1v) is 9.36. The summed E-state index contributed by atoms with van der Waals surface area (Å²) in [6, 6.07) is 11.1. The van der Waals surface area contributed by atoms with Gasteiger partial charge >= 0.3 is 26.2 Å². The summed E-state index contributed by atoms with van der Waals surface area (Å²) in [5.74, 6) is 0.751. The van der Waals surface area contributed by atoms with Gasteiger partial charge in [-0.25, -0.2) is 24.3 Å². The van der Waals surface area contributed by atoms with E-state index in [1.54, 1.807) is 12.1 Å². The van der Waals surface area contributed by atoms with E-state index in [0.717, 1.165) is 24.0 Å². The van der Waals surface area contributed by atoms with Gasteiger partial charge in [0.2, 0.25) is 0 Å². The molecule has 0 amide bonds. The van der Waals surface area contributed by atoms with E-state index in [0.29, 0.717) is 11.5 Å². The molecule has 2 aromatic rings. The van der Waals surface area contributed by atoms with Crippen LogP contribution < -0.4 is 0 Å². The number of allylic oxidation sites excluding steroid dienone is 8. The molecule has 2 aromatic carbocycles. The number of benzene rings is 2. The molecule has 0 radical (unpaired) electrons. The van der Waals surface area contributed by atoms with Crippen molar-refractivity contribution in [2.24, 2.45) is 0 Å². The Labute approximate surface area is 195 Å². The maximum Gasteiger partial charge on any atom is 2.00 e. The number of phenols is 2. The molecule has 2 N–H and O–H groups in total. The average Bonchev–Trinajstić information content (AvgIpc) is 3.41. The molecule has 2 aliphatic rings. The molecule has 0 saturated heterocycles. The van der Waals surface area contributed by atoms with Crippen LogP contribution in [0, 0.1) is 39.8 Å². The number of aryl methyl sites for hydroxylation is 4. The maximum atomic E-state index is 9.04. The summed E-state index contributed by atoms with van der Waals surface area (Å²) in [5, 5.41) is 18.1. The summed E-state index contributed by atoms with van der Waals surface area (Å²) in [6.07, 6.45) is 20.0. The Bertz CT molecular complexity index is 754. The molecule has 0 fully saturated rings. The smallest absolute Gasteiger partial charge is 0.508 e. The van der Waals surface area contributed by atoms with Crippen LogP contribution in [0.1, 0.15) is 35.1 Å². The second kappa shape index (κ2) is 15.8. The van der Waals surface area contributed by atoms with Gasteiger partial charge in [0.25, 0.3) is 0 Å². The molecular formula is C26H30O2Zr. The number of phenolic OH excluding ortho intramolecular Hbond substituents is 2. The first kappa shape index (κ1) is 26.9. The van der Waals surface area contributed by atoms with Crippen LogP contribution in [0.15, 0.2) is 72.9 Å². The SMILES string of the molecule is Cc1ccc(O)c(C)c1.Cc1ccc(O)c(C)c1.[C-]1=CC=CC1.[C-]1=CC=CC1.[Zr+2]. The van der Waals surface area contributed by atoms with E-state index in [1.165, 1.54) is 11.1 Å². The van der Waals surface area contributed by atoms with Gasteiger partial charge in [-0.05, 0) is 51.0 Å². The van der Waals surface area contributed by atoms with Crippen LogP contribution in [-0.4, -0.2) is 10.2 Å². The van der Waals surface area contributed by atoms with Crippen molar-refractivity contribution in [2.75, 3.05) is 0 Å². The van der Waals surface area contributed by atoms with Gasteiger partial charge in [-0.15, -0.1) is 12.8 Å². The standard InChI is InChI=1S/2C8H10O.2C5H5.Zr/c2*1-6-3-4-8(9)7(2)5-6;2*1-2-4-5-3-1;/h2*3-5,9H,1-2H3;2*1-3H,4H2;/q;;2*-1;+2. The minimum Gasteiger partial charge on any atom is -0.508 e. The molecule has 0 aromatic heterocycles. The van der Waals surface area contributed by atoms with E-state index in [4.69, 9.17) is 10.2 Å². The summed E-state index contributed by atoms with van der Waals surface area (Å²) in [4.78, 5) is 0. The Morgan fingerprint density at radius 1 is 0.655 bits per heavy atom.